The van der Waals surface area contributed by atoms with E-state index >= 15 is 0 Å². The lowest BCUT2D eigenvalue weighted by atomic mass is 9.96. The predicted octanol–water partition coefficient (Wildman–Crippen LogP) is 0.862. The summed E-state index contributed by atoms with van der Waals surface area (Å²) in [5, 5.41) is 1.76. The Kier molecular flexibility index (Phi) is 19.6. The average molecular weight is 832 g/mol. The van der Waals surface area contributed by atoms with E-state index in [9.17, 15) is 51.5 Å². The molecule has 23 heteroatoms. The highest BCUT2D eigenvalue weighted by molar-refractivity contribution is 5.81. The van der Waals surface area contributed by atoms with E-state index in [1.807, 2.05) is 0 Å². The molecule has 2 heterocycles. The van der Waals surface area contributed by atoms with Gasteiger partial charge in [-0.25, -0.2) is 0 Å². The Hall–Kier alpha value is -4.61. The lowest BCUT2D eigenvalue weighted by Crippen LogP contribution is -2.67. The highest BCUT2D eigenvalue weighted by atomic mass is 19.4. The van der Waals surface area contributed by atoms with Crippen molar-refractivity contribution in [3.05, 3.63) is 0 Å². The summed E-state index contributed by atoms with van der Waals surface area (Å²) in [5.41, 5.74) is 0. The third-order valence-corrected chi connectivity index (χ3v) is 7.78. The predicted molar refractivity (Wildman–Crippen MR) is 177 cm³/mol. The van der Waals surface area contributed by atoms with Crippen molar-refractivity contribution in [1.29, 1.82) is 0 Å². The molecular weight excluding hydrogens is 783 g/mol. The zero-order valence-electron chi connectivity index (χ0n) is 32.3. The highest BCUT2D eigenvalue weighted by Gasteiger charge is 2.57. The van der Waals surface area contributed by atoms with Gasteiger partial charge in [-0.05, 0) is 12.8 Å². The molecule has 0 saturated carbocycles. The molecule has 2 rings (SSSR count). The summed E-state index contributed by atoms with van der Waals surface area (Å²) < 4.78 is 99.3. The maximum atomic E-state index is 12.5. The molecule has 0 aromatic rings. The SMILES string of the molecule is CC(=O)OC[C@H]1O[C@H](O[C@@H]2[C@@H](OCCCCCCNC(=O)C(F)(F)F)O[C@H](COC(C)=O)[C@@H](OC(C)=O)[C@@H]2OC(C)=O)[C@@H](OC(C)=O)[C@@H](OC(C)=O)[C@@H]1OC(C)=O. The molecule has 0 aromatic heterocycles. The van der Waals surface area contributed by atoms with Gasteiger partial charge in [0.25, 0.3) is 0 Å². The summed E-state index contributed by atoms with van der Waals surface area (Å²) in [5.74, 6) is -8.25. The number of carbonyl (C=O) groups is 8. The third kappa shape index (κ3) is 16.8. The zero-order chi connectivity index (χ0) is 43.0. The van der Waals surface area contributed by atoms with E-state index in [2.05, 4.69) is 0 Å². The van der Waals surface area contributed by atoms with E-state index < -0.39 is 128 Å². The molecule has 0 spiro atoms. The Bertz CT molecular complexity index is 1430. The van der Waals surface area contributed by atoms with Crippen molar-refractivity contribution in [3.8, 4) is 0 Å². The number of nitrogens with one attached hydrogen (secondary N) is 1. The van der Waals surface area contributed by atoms with Crippen LogP contribution in [-0.4, -0.2) is 142 Å². The van der Waals surface area contributed by atoms with Crippen LogP contribution in [-0.2, 0) is 90.5 Å². The normalized spacial score (nSPS) is 27.2. The van der Waals surface area contributed by atoms with Gasteiger partial charge in [-0.3, -0.25) is 38.4 Å². The largest absolute Gasteiger partial charge is 0.471 e. The second kappa shape index (κ2) is 23.0. The number of rotatable bonds is 19. The molecule has 1 amide bonds. The first-order valence-corrected chi connectivity index (χ1v) is 17.7. The molecule has 0 radical (unpaired) electrons. The Morgan fingerprint density at radius 1 is 0.509 bits per heavy atom. The van der Waals surface area contributed by atoms with Crippen molar-refractivity contribution < 1.29 is 104 Å². The van der Waals surface area contributed by atoms with Crippen molar-refractivity contribution in [2.45, 2.75) is 142 Å². The van der Waals surface area contributed by atoms with Crippen molar-refractivity contribution in [2.24, 2.45) is 0 Å². The van der Waals surface area contributed by atoms with Crippen molar-refractivity contribution >= 4 is 47.7 Å². The lowest BCUT2D eigenvalue weighted by Gasteiger charge is -2.48. The minimum absolute atomic E-state index is 0.149. The summed E-state index contributed by atoms with van der Waals surface area (Å²) in [6, 6.07) is 0. The van der Waals surface area contributed by atoms with E-state index in [-0.39, 0.29) is 26.0 Å². The fraction of sp³-hybridized carbons (Fsp3) is 0.765. The summed E-state index contributed by atoms with van der Waals surface area (Å²) >= 11 is 0. The first-order chi connectivity index (χ1) is 26.6. The molecule has 0 bridgehead atoms. The summed E-state index contributed by atoms with van der Waals surface area (Å²) in [6.07, 6.45) is -20.0. The minimum Gasteiger partial charge on any atom is -0.463 e. The van der Waals surface area contributed by atoms with Crippen LogP contribution in [0.3, 0.4) is 0 Å². The molecule has 0 unspecified atom stereocenters. The molecule has 2 saturated heterocycles. The molecule has 2 fully saturated rings. The van der Waals surface area contributed by atoms with Crippen LogP contribution in [0.5, 0.6) is 0 Å². The molecule has 324 valence electrons. The number of carbonyl (C=O) groups excluding carboxylic acids is 8. The van der Waals surface area contributed by atoms with Gasteiger partial charge in [0.15, 0.2) is 49.2 Å². The number of hydrogen-bond donors (Lipinski definition) is 1. The van der Waals surface area contributed by atoms with Crippen LogP contribution in [0.25, 0.3) is 0 Å². The molecule has 2 aliphatic rings. The number of hydrogen-bond acceptors (Lipinski definition) is 19. The van der Waals surface area contributed by atoms with Gasteiger partial charge in [-0.15, -0.1) is 0 Å². The monoisotopic (exact) mass is 831 g/mol. The summed E-state index contributed by atoms with van der Waals surface area (Å²) in [6.45, 7) is 5.66. The van der Waals surface area contributed by atoms with Crippen LogP contribution in [0.1, 0.15) is 74.1 Å². The number of amides is 1. The Morgan fingerprint density at radius 3 is 1.35 bits per heavy atom. The first kappa shape index (κ1) is 48.5. The Labute approximate surface area is 324 Å². The molecule has 0 aromatic carbocycles. The number of alkyl halides is 3. The van der Waals surface area contributed by atoms with E-state index in [0.717, 1.165) is 48.5 Å². The Balaban J connectivity index is 2.56. The van der Waals surface area contributed by atoms with E-state index in [1.165, 1.54) is 0 Å². The van der Waals surface area contributed by atoms with Crippen LogP contribution >= 0.6 is 0 Å². The van der Waals surface area contributed by atoms with Gasteiger partial charge in [0.2, 0.25) is 0 Å². The molecule has 1 N–H and O–H groups in total. The highest BCUT2D eigenvalue weighted by Crippen LogP contribution is 2.35. The van der Waals surface area contributed by atoms with E-state index in [1.54, 1.807) is 5.32 Å². The second-order valence-corrected chi connectivity index (χ2v) is 12.7. The van der Waals surface area contributed by atoms with E-state index in [0.29, 0.717) is 12.8 Å². The van der Waals surface area contributed by atoms with Crippen LogP contribution in [0.15, 0.2) is 0 Å². The van der Waals surface area contributed by atoms with Gasteiger partial charge in [-0.1, -0.05) is 12.8 Å². The lowest BCUT2D eigenvalue weighted by molar-refractivity contribution is -0.368. The molecule has 2 aliphatic heterocycles. The van der Waals surface area contributed by atoms with Crippen molar-refractivity contribution in [3.63, 3.8) is 0 Å². The number of unbranched alkanes of at least 4 members (excludes halogenated alkanes) is 3. The summed E-state index contributed by atoms with van der Waals surface area (Å²) in [7, 11) is 0. The molecule has 20 nitrogen and oxygen atoms in total. The van der Waals surface area contributed by atoms with Gasteiger partial charge in [0.1, 0.15) is 25.4 Å². The van der Waals surface area contributed by atoms with Crippen LogP contribution in [0, 0.1) is 0 Å². The fourth-order valence-electron chi connectivity index (χ4n) is 5.69. The Morgan fingerprint density at radius 2 is 0.912 bits per heavy atom. The zero-order valence-corrected chi connectivity index (χ0v) is 32.3. The molecular formula is C34H48F3NO19. The number of halogens is 3. The quantitative estimate of drug-likeness (QED) is 0.108. The van der Waals surface area contributed by atoms with Gasteiger partial charge in [0, 0.05) is 61.6 Å². The topological polar surface area (TPSA) is 250 Å². The number of esters is 7. The molecule has 10 atom stereocenters. The van der Waals surface area contributed by atoms with Gasteiger partial charge < -0.3 is 57.4 Å². The van der Waals surface area contributed by atoms with Crippen LogP contribution < -0.4 is 5.32 Å². The first-order valence-electron chi connectivity index (χ1n) is 17.7. The van der Waals surface area contributed by atoms with Gasteiger partial charge in [-0.2, -0.15) is 13.2 Å². The van der Waals surface area contributed by atoms with Crippen LogP contribution in [0.2, 0.25) is 0 Å². The van der Waals surface area contributed by atoms with Crippen LogP contribution in [0.4, 0.5) is 13.2 Å². The summed E-state index contributed by atoms with van der Waals surface area (Å²) in [4.78, 5) is 96.5. The van der Waals surface area contributed by atoms with E-state index in [4.69, 9.17) is 52.1 Å². The second-order valence-electron chi connectivity index (χ2n) is 12.7. The minimum atomic E-state index is -5.02. The average Bonchev–Trinajstić information content (AvgIpc) is 3.07. The maximum absolute atomic E-state index is 12.5. The number of ether oxygens (including phenoxy) is 11. The van der Waals surface area contributed by atoms with Crippen molar-refractivity contribution in [1.82, 2.24) is 5.32 Å². The third-order valence-electron chi connectivity index (χ3n) is 7.78. The van der Waals surface area contributed by atoms with Gasteiger partial charge in [0.05, 0.1) is 0 Å². The fourth-order valence-corrected chi connectivity index (χ4v) is 5.69. The molecule has 57 heavy (non-hydrogen) atoms. The van der Waals surface area contributed by atoms with Gasteiger partial charge >= 0.3 is 53.9 Å². The standard InChI is InChI=1S/C34H48F3NO19/c1-16(39)48-14-23-25(50-18(3)41)27(52-20(5)43)29(31(55-23)47-13-11-9-8-10-12-38-33(46)34(35,36)37)57-32-30(54-22(7)45)28(53-21(6)44)26(51-19(4)42)24(56-32)15-49-17(2)40/h23-32H,8-15H2,1-7H3,(H,38,46)/t23-,24-,25-,26-,27+,28+,29+,30+,31+,32-/m1/s1. The van der Waals surface area contributed by atoms with Crippen molar-refractivity contribution in [2.75, 3.05) is 26.4 Å². The smallest absolute Gasteiger partial charge is 0.463 e. The maximum Gasteiger partial charge on any atom is 0.471 e. The molecule has 0 aliphatic carbocycles.